The standard InChI is InChI=1S/C13H16N2O5/c1-20-10-4-2-3-8(5-10)14-13(19)15-7-9(16)6-11(15)12(17)18/h2-5,9,11,16H,6-7H2,1H3,(H,14,19)(H,17,18)/t9-,11+/m1/s1. The molecule has 0 saturated carbocycles. The molecule has 1 aromatic carbocycles. The summed E-state index contributed by atoms with van der Waals surface area (Å²) < 4.78 is 5.04. The molecule has 0 aliphatic carbocycles. The van der Waals surface area contributed by atoms with E-state index in [1.807, 2.05) is 0 Å². The van der Waals surface area contributed by atoms with Gasteiger partial charge in [-0.1, -0.05) is 6.07 Å². The number of anilines is 1. The third-order valence-corrected chi connectivity index (χ3v) is 3.15. The lowest BCUT2D eigenvalue weighted by Gasteiger charge is -2.21. The lowest BCUT2D eigenvalue weighted by atomic mass is 10.2. The molecule has 1 aliphatic heterocycles. The summed E-state index contributed by atoms with van der Waals surface area (Å²) in [5.41, 5.74) is 0.500. The highest BCUT2D eigenvalue weighted by molar-refractivity contribution is 5.93. The van der Waals surface area contributed by atoms with Crippen LogP contribution in [0.3, 0.4) is 0 Å². The molecule has 7 heteroatoms. The molecule has 0 spiro atoms. The number of hydrogen-bond acceptors (Lipinski definition) is 4. The van der Waals surface area contributed by atoms with Crippen molar-refractivity contribution in [3.8, 4) is 5.75 Å². The number of aliphatic hydroxyl groups excluding tert-OH is 1. The molecule has 108 valence electrons. The van der Waals surface area contributed by atoms with Crippen molar-refractivity contribution in [3.63, 3.8) is 0 Å². The number of carboxylic acid groups (broad SMARTS) is 1. The van der Waals surface area contributed by atoms with Gasteiger partial charge in [-0.05, 0) is 12.1 Å². The van der Waals surface area contributed by atoms with E-state index < -0.39 is 24.1 Å². The molecule has 1 aliphatic rings. The number of nitrogens with one attached hydrogen (secondary N) is 1. The summed E-state index contributed by atoms with van der Waals surface area (Å²) in [6.45, 7) is 0.00671. The summed E-state index contributed by atoms with van der Waals surface area (Å²) in [6.07, 6.45) is -0.770. The molecular weight excluding hydrogens is 264 g/mol. The number of amides is 2. The topological polar surface area (TPSA) is 99.1 Å². The first kappa shape index (κ1) is 14.1. The van der Waals surface area contributed by atoms with E-state index >= 15 is 0 Å². The summed E-state index contributed by atoms with van der Waals surface area (Å²) in [6, 6.07) is 5.18. The zero-order valence-electron chi connectivity index (χ0n) is 10.9. The molecular formula is C13H16N2O5. The van der Waals surface area contributed by atoms with Crippen molar-refractivity contribution in [1.29, 1.82) is 0 Å². The van der Waals surface area contributed by atoms with Crippen LogP contribution in [0.1, 0.15) is 6.42 Å². The second-order valence-electron chi connectivity index (χ2n) is 4.56. The monoisotopic (exact) mass is 280 g/mol. The van der Waals surface area contributed by atoms with Crippen molar-refractivity contribution < 1.29 is 24.5 Å². The van der Waals surface area contributed by atoms with Gasteiger partial charge in [0.05, 0.1) is 13.2 Å². The Morgan fingerprint density at radius 3 is 2.85 bits per heavy atom. The highest BCUT2D eigenvalue weighted by atomic mass is 16.5. The Morgan fingerprint density at radius 1 is 1.45 bits per heavy atom. The predicted molar refractivity (Wildman–Crippen MR) is 70.8 cm³/mol. The van der Waals surface area contributed by atoms with E-state index in [0.29, 0.717) is 11.4 Å². The van der Waals surface area contributed by atoms with Crippen LogP contribution in [-0.4, -0.2) is 52.9 Å². The van der Waals surface area contributed by atoms with Gasteiger partial charge in [0.25, 0.3) is 0 Å². The number of carboxylic acids is 1. The minimum Gasteiger partial charge on any atom is -0.497 e. The van der Waals surface area contributed by atoms with Crippen LogP contribution in [0.25, 0.3) is 0 Å². The predicted octanol–water partition coefficient (Wildman–Crippen LogP) is 0.747. The first-order valence-electron chi connectivity index (χ1n) is 6.14. The number of nitrogens with zero attached hydrogens (tertiary/aromatic N) is 1. The number of hydrogen-bond donors (Lipinski definition) is 3. The largest absolute Gasteiger partial charge is 0.497 e. The third-order valence-electron chi connectivity index (χ3n) is 3.15. The Hall–Kier alpha value is -2.28. The van der Waals surface area contributed by atoms with Crippen LogP contribution in [0.4, 0.5) is 10.5 Å². The Kier molecular flexibility index (Phi) is 4.09. The van der Waals surface area contributed by atoms with Crippen LogP contribution in [0, 0.1) is 0 Å². The molecule has 2 atom stereocenters. The van der Waals surface area contributed by atoms with Gasteiger partial charge in [0.15, 0.2) is 0 Å². The van der Waals surface area contributed by atoms with Crippen molar-refractivity contribution >= 4 is 17.7 Å². The van der Waals surface area contributed by atoms with Gasteiger partial charge >= 0.3 is 12.0 Å². The molecule has 20 heavy (non-hydrogen) atoms. The van der Waals surface area contributed by atoms with Crippen molar-refractivity contribution in [3.05, 3.63) is 24.3 Å². The normalized spacial score (nSPS) is 21.6. The molecule has 2 rings (SSSR count). The highest BCUT2D eigenvalue weighted by Gasteiger charge is 2.38. The molecule has 3 N–H and O–H groups in total. The fraction of sp³-hybridized carbons (Fsp3) is 0.385. The Morgan fingerprint density at radius 2 is 2.20 bits per heavy atom. The van der Waals surface area contributed by atoms with E-state index in [9.17, 15) is 14.7 Å². The summed E-state index contributed by atoms with van der Waals surface area (Å²) in [5, 5.41) is 21.2. The van der Waals surface area contributed by atoms with Gasteiger partial charge in [-0.25, -0.2) is 9.59 Å². The minimum absolute atomic E-state index is 0.00671. The maximum absolute atomic E-state index is 12.1. The van der Waals surface area contributed by atoms with Crippen LogP contribution in [0.15, 0.2) is 24.3 Å². The maximum atomic E-state index is 12.1. The van der Waals surface area contributed by atoms with Crippen molar-refractivity contribution in [2.75, 3.05) is 19.0 Å². The number of ether oxygens (including phenoxy) is 1. The first-order chi connectivity index (χ1) is 9.51. The number of rotatable bonds is 3. The summed E-state index contributed by atoms with van der Waals surface area (Å²) in [7, 11) is 1.51. The van der Waals surface area contributed by atoms with Gasteiger partial charge < -0.3 is 25.2 Å². The van der Waals surface area contributed by atoms with Gasteiger partial charge in [0.2, 0.25) is 0 Å². The lowest BCUT2D eigenvalue weighted by Crippen LogP contribution is -2.43. The number of carbonyl (C=O) groups is 2. The van der Waals surface area contributed by atoms with E-state index in [1.165, 1.54) is 7.11 Å². The highest BCUT2D eigenvalue weighted by Crippen LogP contribution is 2.21. The molecule has 1 fully saturated rings. The number of methoxy groups -OCH3 is 1. The van der Waals surface area contributed by atoms with E-state index in [-0.39, 0.29) is 13.0 Å². The Labute approximate surface area is 115 Å². The number of benzene rings is 1. The van der Waals surface area contributed by atoms with E-state index in [0.717, 1.165) is 4.90 Å². The fourth-order valence-corrected chi connectivity index (χ4v) is 2.17. The second kappa shape index (κ2) is 5.79. The number of carbonyl (C=O) groups excluding carboxylic acids is 1. The zero-order chi connectivity index (χ0) is 14.7. The Balaban J connectivity index is 2.09. The summed E-state index contributed by atoms with van der Waals surface area (Å²) in [4.78, 5) is 24.3. The molecule has 0 radical (unpaired) electrons. The molecule has 0 bridgehead atoms. The number of likely N-dealkylation sites (tertiary alicyclic amines) is 1. The molecule has 7 nitrogen and oxygen atoms in total. The molecule has 0 unspecified atom stereocenters. The van der Waals surface area contributed by atoms with Gasteiger partial charge in [0.1, 0.15) is 11.8 Å². The van der Waals surface area contributed by atoms with E-state index in [2.05, 4.69) is 5.32 Å². The zero-order valence-corrected chi connectivity index (χ0v) is 10.9. The van der Waals surface area contributed by atoms with Crippen LogP contribution < -0.4 is 10.1 Å². The van der Waals surface area contributed by atoms with Gasteiger partial charge in [-0.15, -0.1) is 0 Å². The summed E-state index contributed by atoms with van der Waals surface area (Å²) >= 11 is 0. The van der Waals surface area contributed by atoms with Gasteiger partial charge in [-0.2, -0.15) is 0 Å². The molecule has 2 amide bonds. The molecule has 1 aromatic rings. The maximum Gasteiger partial charge on any atom is 0.326 e. The van der Waals surface area contributed by atoms with E-state index in [4.69, 9.17) is 9.84 Å². The second-order valence-corrected chi connectivity index (χ2v) is 4.56. The number of urea groups is 1. The Bertz CT molecular complexity index is 519. The van der Waals surface area contributed by atoms with Gasteiger partial charge in [0, 0.05) is 24.7 Å². The summed E-state index contributed by atoms with van der Waals surface area (Å²) in [5.74, 6) is -0.540. The fourth-order valence-electron chi connectivity index (χ4n) is 2.17. The van der Waals surface area contributed by atoms with Crippen molar-refractivity contribution in [2.45, 2.75) is 18.6 Å². The van der Waals surface area contributed by atoms with Crippen LogP contribution in [0.2, 0.25) is 0 Å². The number of aliphatic hydroxyl groups is 1. The van der Waals surface area contributed by atoms with Crippen LogP contribution in [0.5, 0.6) is 5.75 Å². The lowest BCUT2D eigenvalue weighted by molar-refractivity contribution is -0.141. The van der Waals surface area contributed by atoms with Crippen molar-refractivity contribution in [1.82, 2.24) is 4.90 Å². The average molecular weight is 280 g/mol. The van der Waals surface area contributed by atoms with Crippen LogP contribution in [-0.2, 0) is 4.79 Å². The SMILES string of the molecule is COc1cccc(NC(=O)N2C[C@H](O)C[C@H]2C(=O)O)c1. The number of β-amino-alcohol motifs (C(OH)–C–C–N with tert-alkyl or cyclic N) is 1. The molecule has 0 aromatic heterocycles. The third kappa shape index (κ3) is 3.00. The molecule has 1 heterocycles. The molecule has 1 saturated heterocycles. The van der Waals surface area contributed by atoms with Crippen LogP contribution >= 0.6 is 0 Å². The van der Waals surface area contributed by atoms with E-state index in [1.54, 1.807) is 24.3 Å². The van der Waals surface area contributed by atoms with Gasteiger partial charge in [-0.3, -0.25) is 0 Å². The quantitative estimate of drug-likeness (QED) is 0.758. The smallest absolute Gasteiger partial charge is 0.326 e. The first-order valence-corrected chi connectivity index (χ1v) is 6.14. The van der Waals surface area contributed by atoms with Crippen molar-refractivity contribution in [2.24, 2.45) is 0 Å². The average Bonchev–Trinajstić information content (AvgIpc) is 2.81. The minimum atomic E-state index is -1.12. The number of aliphatic carboxylic acids is 1.